The third kappa shape index (κ3) is 2.79. The first-order valence-electron chi connectivity index (χ1n) is 6.80. The van der Waals surface area contributed by atoms with Crippen molar-refractivity contribution in [1.82, 2.24) is 0 Å². The van der Waals surface area contributed by atoms with Gasteiger partial charge in [0.15, 0.2) is 0 Å². The molecule has 2 nitrogen and oxygen atoms in total. The van der Waals surface area contributed by atoms with Gasteiger partial charge in [0, 0.05) is 0 Å². The first kappa shape index (κ1) is 12.2. The molecule has 0 heterocycles. The summed E-state index contributed by atoms with van der Waals surface area (Å²) in [6.07, 6.45) is 2.66. The lowest BCUT2D eigenvalue weighted by Gasteiger charge is -2.22. The molecule has 1 aliphatic carbocycles. The number of aliphatic hydroxyl groups is 1. The van der Waals surface area contributed by atoms with E-state index in [0.717, 1.165) is 36.1 Å². The molecule has 2 heteroatoms. The molecule has 0 saturated heterocycles. The Balaban J connectivity index is 1.74. The molecule has 98 valence electrons. The third-order valence-corrected chi connectivity index (χ3v) is 3.65. The largest absolute Gasteiger partial charge is 0.489 e. The highest BCUT2D eigenvalue weighted by molar-refractivity contribution is 5.38. The third-order valence-electron chi connectivity index (χ3n) is 3.65. The van der Waals surface area contributed by atoms with Crippen LogP contribution in [0.25, 0.3) is 0 Å². The predicted molar refractivity (Wildman–Crippen MR) is 75.1 cm³/mol. The van der Waals surface area contributed by atoms with Crippen molar-refractivity contribution in [3.63, 3.8) is 0 Å². The van der Waals surface area contributed by atoms with Gasteiger partial charge in [-0.15, -0.1) is 0 Å². The molecule has 0 aromatic heterocycles. The first-order valence-corrected chi connectivity index (χ1v) is 6.80. The van der Waals surface area contributed by atoms with E-state index in [9.17, 15) is 5.11 Å². The highest BCUT2D eigenvalue weighted by atomic mass is 16.5. The van der Waals surface area contributed by atoms with Crippen LogP contribution in [0, 0.1) is 0 Å². The van der Waals surface area contributed by atoms with Gasteiger partial charge in [0.2, 0.25) is 0 Å². The summed E-state index contributed by atoms with van der Waals surface area (Å²) in [5, 5.41) is 10.0. The maximum Gasteiger partial charge on any atom is 0.120 e. The Bertz CT molecular complexity index is 548. The van der Waals surface area contributed by atoms with Crippen LogP contribution in [0.5, 0.6) is 5.75 Å². The van der Waals surface area contributed by atoms with E-state index in [0.29, 0.717) is 6.61 Å². The Morgan fingerprint density at radius 2 is 1.95 bits per heavy atom. The fourth-order valence-electron chi connectivity index (χ4n) is 2.58. The summed E-state index contributed by atoms with van der Waals surface area (Å²) < 4.78 is 5.80. The van der Waals surface area contributed by atoms with Gasteiger partial charge in [-0.25, -0.2) is 0 Å². The van der Waals surface area contributed by atoms with Gasteiger partial charge in [0.25, 0.3) is 0 Å². The smallest absolute Gasteiger partial charge is 0.120 e. The lowest BCUT2D eigenvalue weighted by molar-refractivity contribution is 0.156. The molecular formula is C17H18O2. The van der Waals surface area contributed by atoms with Crippen LogP contribution in [0.2, 0.25) is 0 Å². The zero-order valence-electron chi connectivity index (χ0n) is 10.9. The number of aryl methyl sites for hydroxylation is 1. The monoisotopic (exact) mass is 254 g/mol. The van der Waals surface area contributed by atoms with E-state index in [1.54, 1.807) is 0 Å². The Hall–Kier alpha value is -1.80. The van der Waals surface area contributed by atoms with Crippen molar-refractivity contribution >= 4 is 0 Å². The Morgan fingerprint density at radius 3 is 2.79 bits per heavy atom. The molecule has 0 aliphatic heterocycles. The summed E-state index contributed by atoms with van der Waals surface area (Å²) in [6.45, 7) is 0.565. The zero-order valence-corrected chi connectivity index (χ0v) is 10.9. The van der Waals surface area contributed by atoms with Crippen molar-refractivity contribution in [3.8, 4) is 5.75 Å². The number of fused-ring (bicyclic) bond motifs is 1. The molecule has 1 aliphatic rings. The summed E-state index contributed by atoms with van der Waals surface area (Å²) in [5.41, 5.74) is 3.45. The second-order valence-corrected chi connectivity index (χ2v) is 5.04. The van der Waals surface area contributed by atoms with Crippen LogP contribution in [0.15, 0.2) is 48.5 Å². The fourth-order valence-corrected chi connectivity index (χ4v) is 2.58. The van der Waals surface area contributed by atoms with Gasteiger partial charge in [-0.3, -0.25) is 0 Å². The minimum Gasteiger partial charge on any atom is -0.489 e. The van der Waals surface area contributed by atoms with Gasteiger partial charge in [0.1, 0.15) is 12.4 Å². The quantitative estimate of drug-likeness (QED) is 0.906. The van der Waals surface area contributed by atoms with E-state index in [-0.39, 0.29) is 6.10 Å². The van der Waals surface area contributed by atoms with Crippen LogP contribution in [0.1, 0.15) is 35.6 Å². The molecule has 19 heavy (non-hydrogen) atoms. The first-order chi connectivity index (χ1) is 9.33. The van der Waals surface area contributed by atoms with Crippen molar-refractivity contribution < 1.29 is 9.84 Å². The molecule has 2 aromatic rings. The van der Waals surface area contributed by atoms with Gasteiger partial charge < -0.3 is 9.84 Å². The van der Waals surface area contributed by atoms with Crippen molar-refractivity contribution in [2.24, 2.45) is 0 Å². The average Bonchev–Trinajstić information content (AvgIpc) is 2.47. The lowest BCUT2D eigenvalue weighted by atomic mass is 9.89. The Morgan fingerprint density at radius 1 is 1.11 bits per heavy atom. The minimum atomic E-state index is -0.330. The second kappa shape index (κ2) is 5.45. The lowest BCUT2D eigenvalue weighted by Crippen LogP contribution is -2.09. The van der Waals surface area contributed by atoms with Gasteiger partial charge in [-0.1, -0.05) is 36.4 Å². The molecule has 0 fully saturated rings. The number of aliphatic hydroxyl groups excluding tert-OH is 1. The van der Waals surface area contributed by atoms with Crippen LogP contribution in [-0.4, -0.2) is 5.11 Å². The van der Waals surface area contributed by atoms with Crippen LogP contribution in [0.3, 0.4) is 0 Å². The van der Waals surface area contributed by atoms with E-state index >= 15 is 0 Å². The Labute approximate surface area is 113 Å². The summed E-state index contributed by atoms with van der Waals surface area (Å²) in [4.78, 5) is 0. The van der Waals surface area contributed by atoms with E-state index in [1.807, 2.05) is 42.5 Å². The van der Waals surface area contributed by atoms with Crippen LogP contribution < -0.4 is 4.74 Å². The van der Waals surface area contributed by atoms with E-state index in [2.05, 4.69) is 6.07 Å². The summed E-state index contributed by atoms with van der Waals surface area (Å²) in [7, 11) is 0. The van der Waals surface area contributed by atoms with E-state index in [4.69, 9.17) is 4.74 Å². The standard InChI is InChI=1S/C17H18O2/c18-17-8-4-7-14-9-10-15(11-16(14)17)19-12-13-5-2-1-3-6-13/h1-3,5-6,9-11,17-18H,4,7-8,12H2/t17-/m0/s1. The zero-order chi connectivity index (χ0) is 13.1. The van der Waals surface area contributed by atoms with Crippen molar-refractivity contribution in [3.05, 3.63) is 65.2 Å². The SMILES string of the molecule is O[C@H]1CCCc2ccc(OCc3ccccc3)cc21. The number of rotatable bonds is 3. The molecule has 0 saturated carbocycles. The molecule has 0 unspecified atom stereocenters. The minimum absolute atomic E-state index is 0.330. The summed E-state index contributed by atoms with van der Waals surface area (Å²) in [5.74, 6) is 0.837. The maximum atomic E-state index is 10.0. The summed E-state index contributed by atoms with van der Waals surface area (Å²) >= 11 is 0. The molecule has 1 N–H and O–H groups in total. The fraction of sp³-hybridized carbons (Fsp3) is 0.294. The normalized spacial score (nSPS) is 17.8. The van der Waals surface area contributed by atoms with Crippen LogP contribution in [0.4, 0.5) is 0 Å². The summed E-state index contributed by atoms with van der Waals surface area (Å²) in [6, 6.07) is 16.2. The van der Waals surface area contributed by atoms with Gasteiger partial charge in [-0.2, -0.15) is 0 Å². The molecule has 3 rings (SSSR count). The van der Waals surface area contributed by atoms with E-state index in [1.165, 1.54) is 5.56 Å². The van der Waals surface area contributed by atoms with Crippen molar-refractivity contribution in [1.29, 1.82) is 0 Å². The highest BCUT2D eigenvalue weighted by Gasteiger charge is 2.18. The van der Waals surface area contributed by atoms with Crippen molar-refractivity contribution in [2.45, 2.75) is 32.0 Å². The van der Waals surface area contributed by atoms with Gasteiger partial charge >= 0.3 is 0 Å². The van der Waals surface area contributed by atoms with Crippen molar-refractivity contribution in [2.75, 3.05) is 0 Å². The van der Waals surface area contributed by atoms with Crippen LogP contribution in [-0.2, 0) is 13.0 Å². The maximum absolute atomic E-state index is 10.0. The average molecular weight is 254 g/mol. The van der Waals surface area contributed by atoms with Crippen LogP contribution >= 0.6 is 0 Å². The second-order valence-electron chi connectivity index (χ2n) is 5.04. The predicted octanol–water partition coefficient (Wildman–Crippen LogP) is 3.64. The molecule has 1 atom stereocenters. The molecule has 2 aromatic carbocycles. The molecule has 0 radical (unpaired) electrons. The topological polar surface area (TPSA) is 29.5 Å². The number of benzene rings is 2. The number of ether oxygens (including phenoxy) is 1. The molecule has 0 amide bonds. The van der Waals surface area contributed by atoms with Gasteiger partial charge in [-0.05, 0) is 48.1 Å². The van der Waals surface area contributed by atoms with Gasteiger partial charge in [0.05, 0.1) is 6.10 Å². The molecular weight excluding hydrogens is 236 g/mol. The van der Waals surface area contributed by atoms with E-state index < -0.39 is 0 Å². The highest BCUT2D eigenvalue weighted by Crippen LogP contribution is 2.32. The molecule has 0 bridgehead atoms. The molecule has 0 spiro atoms. The number of hydrogen-bond acceptors (Lipinski definition) is 2. The Kier molecular flexibility index (Phi) is 3.51. The number of hydrogen-bond donors (Lipinski definition) is 1.